The number of amides is 3. The number of thioether (sulfide) groups is 1. The molecule has 3 amide bonds. The number of ether oxygens (including phenoxy) is 1. The van der Waals surface area contributed by atoms with Gasteiger partial charge in [-0.3, -0.25) is 19.3 Å². The molecule has 2 aliphatic rings. The molecule has 2 fully saturated rings. The third-order valence-electron chi connectivity index (χ3n) is 4.25. The maximum atomic E-state index is 12.4. The normalized spacial score (nSPS) is 22.0. The van der Waals surface area contributed by atoms with Crippen molar-refractivity contribution in [3.8, 4) is 0 Å². The molecular weight excluding hydrogens is 328 g/mol. The summed E-state index contributed by atoms with van der Waals surface area (Å²) in [7, 11) is 0. The largest absolute Gasteiger partial charge is 0.376 e. The highest BCUT2D eigenvalue weighted by Gasteiger charge is 2.30. The number of benzene rings is 1. The Hall–Kier alpha value is -1.86. The van der Waals surface area contributed by atoms with Gasteiger partial charge in [-0.2, -0.15) is 0 Å². The third kappa shape index (κ3) is 3.79. The van der Waals surface area contributed by atoms with Crippen molar-refractivity contribution in [3.63, 3.8) is 0 Å². The fraction of sp³-hybridized carbons (Fsp3) is 0.471. The van der Waals surface area contributed by atoms with Crippen LogP contribution in [0.1, 0.15) is 35.7 Å². The summed E-state index contributed by atoms with van der Waals surface area (Å²) in [6, 6.07) is 6.97. The Bertz CT molecular complexity index is 642. The summed E-state index contributed by atoms with van der Waals surface area (Å²) >= 11 is 1.01. The molecule has 2 atom stereocenters. The maximum absolute atomic E-state index is 12.4. The van der Waals surface area contributed by atoms with Crippen LogP contribution < -0.4 is 5.32 Å². The number of hydrogen-bond donors (Lipinski definition) is 1. The maximum Gasteiger partial charge on any atom is 0.289 e. The Morgan fingerprint density at radius 2 is 2.29 bits per heavy atom. The van der Waals surface area contributed by atoms with Crippen LogP contribution in [0.2, 0.25) is 0 Å². The van der Waals surface area contributed by atoms with Gasteiger partial charge in [0.15, 0.2) is 0 Å². The number of carbonyl (C=O) groups excluding carboxylic acids is 3. The van der Waals surface area contributed by atoms with Crippen LogP contribution in [0, 0.1) is 0 Å². The Labute approximate surface area is 144 Å². The Morgan fingerprint density at radius 3 is 2.96 bits per heavy atom. The first-order valence-corrected chi connectivity index (χ1v) is 9.01. The van der Waals surface area contributed by atoms with Gasteiger partial charge in [0.1, 0.15) is 0 Å². The van der Waals surface area contributed by atoms with E-state index in [1.54, 1.807) is 18.2 Å². The highest BCUT2D eigenvalue weighted by molar-refractivity contribution is 8.14. The van der Waals surface area contributed by atoms with Gasteiger partial charge in [0.25, 0.3) is 11.1 Å². The predicted octanol–water partition coefficient (Wildman–Crippen LogP) is 2.18. The van der Waals surface area contributed by atoms with Crippen LogP contribution in [0.5, 0.6) is 0 Å². The summed E-state index contributed by atoms with van der Waals surface area (Å²) in [5, 5.41) is 2.73. The number of nitrogens with one attached hydrogen (secondary N) is 1. The molecule has 2 saturated heterocycles. The topological polar surface area (TPSA) is 75.7 Å². The van der Waals surface area contributed by atoms with Gasteiger partial charge in [-0.1, -0.05) is 23.9 Å². The lowest BCUT2D eigenvalue weighted by Gasteiger charge is -2.20. The van der Waals surface area contributed by atoms with Gasteiger partial charge in [-0.05, 0) is 37.5 Å². The molecule has 3 rings (SSSR count). The smallest absolute Gasteiger partial charge is 0.289 e. The number of carbonyl (C=O) groups is 3. The van der Waals surface area contributed by atoms with Gasteiger partial charge >= 0.3 is 0 Å². The van der Waals surface area contributed by atoms with Gasteiger partial charge in [0.2, 0.25) is 5.91 Å². The highest BCUT2D eigenvalue weighted by Crippen LogP contribution is 2.21. The van der Waals surface area contributed by atoms with E-state index in [0.717, 1.165) is 36.8 Å². The molecule has 24 heavy (non-hydrogen) atoms. The highest BCUT2D eigenvalue weighted by atomic mass is 32.2. The van der Waals surface area contributed by atoms with Crippen molar-refractivity contribution in [1.82, 2.24) is 10.2 Å². The van der Waals surface area contributed by atoms with Crippen molar-refractivity contribution in [2.24, 2.45) is 0 Å². The number of rotatable bonds is 5. The summed E-state index contributed by atoms with van der Waals surface area (Å²) in [6.45, 7) is 2.89. The summed E-state index contributed by atoms with van der Waals surface area (Å²) in [5.74, 6) is -0.169. The molecule has 0 saturated carbocycles. The zero-order chi connectivity index (χ0) is 17.1. The van der Waals surface area contributed by atoms with Crippen molar-refractivity contribution < 1.29 is 19.1 Å². The summed E-state index contributed by atoms with van der Waals surface area (Å²) in [6.07, 6.45) is 2.04. The molecule has 1 aromatic carbocycles. The second kappa shape index (κ2) is 7.36. The summed E-state index contributed by atoms with van der Waals surface area (Å²) < 4.78 is 5.59. The fourth-order valence-electron chi connectivity index (χ4n) is 2.91. The zero-order valence-electron chi connectivity index (χ0n) is 13.5. The molecule has 2 unspecified atom stereocenters. The first-order chi connectivity index (χ1) is 11.5. The van der Waals surface area contributed by atoms with E-state index in [1.807, 2.05) is 13.0 Å². The lowest BCUT2D eigenvalue weighted by atomic mass is 10.1. The van der Waals surface area contributed by atoms with Crippen LogP contribution in [-0.2, 0) is 16.1 Å². The van der Waals surface area contributed by atoms with Crippen LogP contribution >= 0.6 is 11.8 Å². The standard InChI is InChI=1S/C17H20N2O4S/c1-11(14-6-3-7-23-14)18-16(21)13-5-2-4-12(8-13)9-19-15(20)10-24-17(19)22/h2,4-5,8,11,14H,3,6-7,9-10H2,1H3,(H,18,21). The van der Waals surface area contributed by atoms with E-state index in [1.165, 1.54) is 4.90 Å². The first kappa shape index (κ1) is 17.0. The van der Waals surface area contributed by atoms with Crippen LogP contribution in [0.3, 0.4) is 0 Å². The van der Waals surface area contributed by atoms with Gasteiger partial charge in [0, 0.05) is 12.2 Å². The minimum absolute atomic E-state index is 0.0539. The molecule has 128 valence electrons. The lowest BCUT2D eigenvalue weighted by Crippen LogP contribution is -2.40. The van der Waals surface area contributed by atoms with E-state index in [0.29, 0.717) is 5.56 Å². The second-order valence-electron chi connectivity index (χ2n) is 6.05. The van der Waals surface area contributed by atoms with Crippen molar-refractivity contribution in [2.75, 3.05) is 12.4 Å². The molecule has 7 heteroatoms. The average Bonchev–Trinajstić information content (AvgIpc) is 3.21. The van der Waals surface area contributed by atoms with Crippen molar-refractivity contribution in [3.05, 3.63) is 35.4 Å². The van der Waals surface area contributed by atoms with Gasteiger partial charge < -0.3 is 10.1 Å². The van der Waals surface area contributed by atoms with Crippen LogP contribution in [0.4, 0.5) is 4.79 Å². The quantitative estimate of drug-likeness (QED) is 0.883. The third-order valence-corrected chi connectivity index (χ3v) is 5.11. The molecule has 1 N–H and O–H groups in total. The predicted molar refractivity (Wildman–Crippen MR) is 90.7 cm³/mol. The molecular formula is C17H20N2O4S. The van der Waals surface area contributed by atoms with Gasteiger partial charge in [-0.25, -0.2) is 0 Å². The van der Waals surface area contributed by atoms with E-state index < -0.39 is 0 Å². The molecule has 0 radical (unpaired) electrons. The molecule has 2 heterocycles. The van der Waals surface area contributed by atoms with E-state index in [-0.39, 0.29) is 41.5 Å². The number of imide groups is 1. The van der Waals surface area contributed by atoms with E-state index in [4.69, 9.17) is 4.74 Å². The Morgan fingerprint density at radius 1 is 1.46 bits per heavy atom. The average molecular weight is 348 g/mol. The zero-order valence-corrected chi connectivity index (χ0v) is 14.3. The van der Waals surface area contributed by atoms with Crippen molar-refractivity contribution in [2.45, 2.75) is 38.5 Å². The molecule has 0 bridgehead atoms. The SMILES string of the molecule is CC(NC(=O)c1cccc(CN2C(=O)CSC2=O)c1)C1CCCO1. The van der Waals surface area contributed by atoms with Crippen LogP contribution in [0.25, 0.3) is 0 Å². The van der Waals surface area contributed by atoms with E-state index >= 15 is 0 Å². The monoisotopic (exact) mass is 348 g/mol. The first-order valence-electron chi connectivity index (χ1n) is 8.03. The van der Waals surface area contributed by atoms with Crippen LogP contribution in [0.15, 0.2) is 24.3 Å². The minimum atomic E-state index is -0.234. The van der Waals surface area contributed by atoms with E-state index in [2.05, 4.69) is 5.32 Å². The summed E-state index contributed by atoms with van der Waals surface area (Å²) in [4.78, 5) is 37.0. The molecule has 0 spiro atoms. The molecule has 6 nitrogen and oxygen atoms in total. The van der Waals surface area contributed by atoms with Gasteiger partial charge in [-0.15, -0.1) is 0 Å². The van der Waals surface area contributed by atoms with Crippen molar-refractivity contribution in [1.29, 1.82) is 0 Å². The lowest BCUT2D eigenvalue weighted by molar-refractivity contribution is -0.125. The Kier molecular flexibility index (Phi) is 5.20. The molecule has 2 aliphatic heterocycles. The van der Waals surface area contributed by atoms with Crippen LogP contribution in [-0.4, -0.2) is 46.5 Å². The van der Waals surface area contributed by atoms with Gasteiger partial charge in [0.05, 0.1) is 24.4 Å². The minimum Gasteiger partial charge on any atom is -0.376 e. The summed E-state index contributed by atoms with van der Waals surface area (Å²) in [5.41, 5.74) is 1.28. The molecule has 1 aromatic rings. The molecule has 0 aromatic heterocycles. The second-order valence-corrected chi connectivity index (χ2v) is 6.98. The number of nitrogens with zero attached hydrogens (tertiary/aromatic N) is 1. The van der Waals surface area contributed by atoms with E-state index in [9.17, 15) is 14.4 Å². The fourth-order valence-corrected chi connectivity index (χ4v) is 3.63. The van der Waals surface area contributed by atoms with Crippen molar-refractivity contribution >= 4 is 28.8 Å². The number of hydrogen-bond acceptors (Lipinski definition) is 5. The Balaban J connectivity index is 1.64. The molecule has 0 aliphatic carbocycles.